The Hall–Kier alpha value is -1.66. The van der Waals surface area contributed by atoms with Crippen LogP contribution in [0.25, 0.3) is 11.0 Å². The number of nitrogens with one attached hydrogen (secondary N) is 3. The summed E-state index contributed by atoms with van der Waals surface area (Å²) in [5.41, 5.74) is 8.02. The molecule has 0 unspecified atom stereocenters. The number of rotatable bonds is 2. The summed E-state index contributed by atoms with van der Waals surface area (Å²) in [4.78, 5) is 7.63. The summed E-state index contributed by atoms with van der Waals surface area (Å²) in [5, 5.41) is 6.97. The lowest BCUT2D eigenvalue weighted by Gasteiger charge is -2.30. The van der Waals surface area contributed by atoms with E-state index in [1.54, 1.807) is 0 Å². The van der Waals surface area contributed by atoms with Crippen LogP contribution in [0.3, 0.4) is 0 Å². The molecular weight excluding hydrogens is 270 g/mol. The van der Waals surface area contributed by atoms with E-state index in [1.807, 2.05) is 24.3 Å². The van der Waals surface area contributed by atoms with Crippen LogP contribution >= 0.6 is 12.2 Å². The fourth-order valence-electron chi connectivity index (χ4n) is 2.66. The van der Waals surface area contributed by atoms with E-state index in [-0.39, 0.29) is 12.1 Å². The van der Waals surface area contributed by atoms with Gasteiger partial charge >= 0.3 is 0 Å². The first kappa shape index (κ1) is 13.3. The summed E-state index contributed by atoms with van der Waals surface area (Å²) in [6.07, 6.45) is 4.55. The molecule has 3 rings (SSSR count). The highest BCUT2D eigenvalue weighted by atomic mass is 32.1. The molecule has 5 nitrogen and oxygen atoms in total. The average molecular weight is 289 g/mol. The Kier molecular flexibility index (Phi) is 3.84. The van der Waals surface area contributed by atoms with Gasteiger partial charge in [0.15, 0.2) is 5.11 Å². The third-order valence-electron chi connectivity index (χ3n) is 3.76. The first-order chi connectivity index (χ1) is 9.72. The summed E-state index contributed by atoms with van der Waals surface area (Å²) in [6.45, 7) is 0. The number of fused-ring (bicyclic) bond motifs is 1. The number of imidazole rings is 1. The molecule has 5 N–H and O–H groups in total. The predicted molar refractivity (Wildman–Crippen MR) is 85.7 cm³/mol. The van der Waals surface area contributed by atoms with Crippen LogP contribution in [0.2, 0.25) is 0 Å². The standard InChI is InChI=1S/C14H19N5S/c15-9-5-1-2-6-10(9)18-14(20)19-13-16-11-7-3-4-8-12(11)17-13/h3-4,7-10H,1-2,5-6,15H2,(H3,16,17,18,19,20)/t9-,10-/m1/s1. The lowest BCUT2D eigenvalue weighted by atomic mass is 9.91. The number of anilines is 1. The summed E-state index contributed by atoms with van der Waals surface area (Å²) in [6, 6.07) is 8.32. The van der Waals surface area contributed by atoms with Gasteiger partial charge in [0.05, 0.1) is 11.0 Å². The van der Waals surface area contributed by atoms with Crippen molar-refractivity contribution in [2.45, 2.75) is 37.8 Å². The van der Waals surface area contributed by atoms with Crippen molar-refractivity contribution >= 4 is 34.3 Å². The van der Waals surface area contributed by atoms with Gasteiger partial charge in [-0.2, -0.15) is 0 Å². The fraction of sp³-hybridized carbons (Fsp3) is 0.429. The topological polar surface area (TPSA) is 78.8 Å². The Morgan fingerprint density at radius 1 is 1.30 bits per heavy atom. The van der Waals surface area contributed by atoms with Gasteiger partial charge in [-0.1, -0.05) is 25.0 Å². The zero-order chi connectivity index (χ0) is 13.9. The van der Waals surface area contributed by atoms with Gasteiger partial charge in [-0.3, -0.25) is 0 Å². The molecule has 0 aliphatic heterocycles. The minimum Gasteiger partial charge on any atom is -0.358 e. The van der Waals surface area contributed by atoms with E-state index in [0.29, 0.717) is 11.1 Å². The van der Waals surface area contributed by atoms with E-state index >= 15 is 0 Å². The number of aromatic nitrogens is 2. The maximum atomic E-state index is 6.11. The van der Waals surface area contributed by atoms with Crippen LogP contribution in [0.4, 0.5) is 5.95 Å². The van der Waals surface area contributed by atoms with Gasteiger partial charge in [0.2, 0.25) is 5.95 Å². The molecule has 0 saturated heterocycles. The molecule has 1 aliphatic rings. The van der Waals surface area contributed by atoms with Crippen molar-refractivity contribution < 1.29 is 0 Å². The molecule has 106 valence electrons. The Bertz CT molecular complexity index is 575. The molecule has 0 amide bonds. The number of aromatic amines is 1. The molecule has 1 heterocycles. The highest BCUT2D eigenvalue weighted by Crippen LogP contribution is 2.17. The average Bonchev–Trinajstić information content (AvgIpc) is 2.83. The maximum absolute atomic E-state index is 6.11. The number of nitrogens with zero attached hydrogens (tertiary/aromatic N) is 1. The van der Waals surface area contributed by atoms with E-state index in [4.69, 9.17) is 18.0 Å². The number of para-hydroxylation sites is 2. The van der Waals surface area contributed by atoms with Crippen molar-refractivity contribution in [3.63, 3.8) is 0 Å². The number of nitrogens with two attached hydrogens (primary N) is 1. The van der Waals surface area contributed by atoms with Gasteiger partial charge in [0.1, 0.15) is 0 Å². The normalized spacial score (nSPS) is 22.6. The summed E-state index contributed by atoms with van der Waals surface area (Å²) in [7, 11) is 0. The highest BCUT2D eigenvalue weighted by molar-refractivity contribution is 7.80. The van der Waals surface area contributed by atoms with Crippen LogP contribution in [0.1, 0.15) is 25.7 Å². The quantitative estimate of drug-likeness (QED) is 0.637. The van der Waals surface area contributed by atoms with Gasteiger partial charge in [-0.15, -0.1) is 0 Å². The molecule has 0 spiro atoms. The zero-order valence-corrected chi connectivity index (χ0v) is 12.0. The summed E-state index contributed by atoms with van der Waals surface area (Å²) in [5.74, 6) is 0.660. The molecule has 1 aliphatic carbocycles. The van der Waals surface area contributed by atoms with Crippen molar-refractivity contribution in [2.24, 2.45) is 5.73 Å². The van der Waals surface area contributed by atoms with Crippen LogP contribution < -0.4 is 16.4 Å². The van der Waals surface area contributed by atoms with E-state index in [9.17, 15) is 0 Å². The molecule has 2 aromatic rings. The van der Waals surface area contributed by atoms with Crippen LogP contribution in [0, 0.1) is 0 Å². The number of hydrogen-bond donors (Lipinski definition) is 4. The van der Waals surface area contributed by atoms with Gasteiger partial charge in [-0.05, 0) is 37.2 Å². The minimum absolute atomic E-state index is 0.180. The monoisotopic (exact) mass is 289 g/mol. The smallest absolute Gasteiger partial charge is 0.207 e. The van der Waals surface area contributed by atoms with Crippen molar-refractivity contribution in [3.05, 3.63) is 24.3 Å². The summed E-state index contributed by atoms with van der Waals surface area (Å²) < 4.78 is 0. The molecule has 1 saturated carbocycles. The van der Waals surface area contributed by atoms with Crippen molar-refractivity contribution in [1.82, 2.24) is 15.3 Å². The molecule has 1 aromatic carbocycles. The highest BCUT2D eigenvalue weighted by Gasteiger charge is 2.22. The van der Waals surface area contributed by atoms with E-state index in [2.05, 4.69) is 20.6 Å². The van der Waals surface area contributed by atoms with Gasteiger partial charge < -0.3 is 21.4 Å². The predicted octanol–water partition coefficient (Wildman–Crippen LogP) is 2.12. The van der Waals surface area contributed by atoms with Crippen LogP contribution in [-0.4, -0.2) is 27.2 Å². The fourth-order valence-corrected chi connectivity index (χ4v) is 2.91. The van der Waals surface area contributed by atoms with Crippen LogP contribution in [-0.2, 0) is 0 Å². The van der Waals surface area contributed by atoms with Gasteiger partial charge in [0.25, 0.3) is 0 Å². The second kappa shape index (κ2) is 5.76. The Balaban J connectivity index is 1.63. The second-order valence-corrected chi connectivity index (χ2v) is 5.66. The first-order valence-corrected chi connectivity index (χ1v) is 7.41. The van der Waals surface area contributed by atoms with Crippen molar-refractivity contribution in [1.29, 1.82) is 0 Å². The molecule has 6 heteroatoms. The first-order valence-electron chi connectivity index (χ1n) is 7.00. The molecule has 2 atom stereocenters. The van der Waals surface area contributed by atoms with E-state index in [1.165, 1.54) is 12.8 Å². The number of benzene rings is 1. The number of hydrogen-bond acceptors (Lipinski definition) is 3. The lowest BCUT2D eigenvalue weighted by molar-refractivity contribution is 0.361. The second-order valence-electron chi connectivity index (χ2n) is 5.26. The third kappa shape index (κ3) is 2.91. The Labute approximate surface area is 123 Å². The van der Waals surface area contributed by atoms with E-state index < -0.39 is 0 Å². The largest absolute Gasteiger partial charge is 0.358 e. The van der Waals surface area contributed by atoms with Gasteiger partial charge in [0, 0.05) is 12.1 Å². The number of H-pyrrole nitrogens is 1. The SMILES string of the molecule is N[C@@H]1CCCC[C@H]1NC(=S)Nc1nc2ccccc2[nH]1. The molecule has 1 aromatic heterocycles. The lowest BCUT2D eigenvalue weighted by Crippen LogP contribution is -2.50. The molecular formula is C14H19N5S. The maximum Gasteiger partial charge on any atom is 0.207 e. The van der Waals surface area contributed by atoms with Crippen molar-refractivity contribution in [3.8, 4) is 0 Å². The number of thiocarbonyl (C=S) groups is 1. The van der Waals surface area contributed by atoms with Crippen LogP contribution in [0.5, 0.6) is 0 Å². The Morgan fingerprint density at radius 2 is 2.10 bits per heavy atom. The van der Waals surface area contributed by atoms with Crippen LogP contribution in [0.15, 0.2) is 24.3 Å². The van der Waals surface area contributed by atoms with Gasteiger partial charge in [-0.25, -0.2) is 4.98 Å². The minimum atomic E-state index is 0.180. The molecule has 1 fully saturated rings. The zero-order valence-electron chi connectivity index (χ0n) is 11.2. The summed E-state index contributed by atoms with van der Waals surface area (Å²) >= 11 is 5.34. The third-order valence-corrected chi connectivity index (χ3v) is 3.98. The molecule has 0 radical (unpaired) electrons. The molecule has 0 bridgehead atoms. The molecule has 20 heavy (non-hydrogen) atoms. The van der Waals surface area contributed by atoms with E-state index in [0.717, 1.165) is 23.9 Å². The van der Waals surface area contributed by atoms with Crippen molar-refractivity contribution in [2.75, 3.05) is 5.32 Å². The Morgan fingerprint density at radius 3 is 2.90 bits per heavy atom.